The number of hydrogen-bond donors (Lipinski definition) is 1. The molecule has 1 N–H and O–H groups in total. The molecule has 0 radical (unpaired) electrons. The van der Waals surface area contributed by atoms with Crippen LogP contribution < -0.4 is 4.74 Å². The summed E-state index contributed by atoms with van der Waals surface area (Å²) in [6, 6.07) is 6.79. The van der Waals surface area contributed by atoms with Crippen LogP contribution in [0.3, 0.4) is 0 Å². The summed E-state index contributed by atoms with van der Waals surface area (Å²) in [6.45, 7) is 1.84. The van der Waals surface area contributed by atoms with Crippen molar-refractivity contribution in [2.75, 3.05) is 0 Å². The van der Waals surface area contributed by atoms with Crippen molar-refractivity contribution in [3.05, 3.63) is 47.3 Å². The van der Waals surface area contributed by atoms with Gasteiger partial charge >= 0.3 is 11.9 Å². The minimum atomic E-state index is -1.30. The third-order valence-corrected chi connectivity index (χ3v) is 2.19. The number of rotatable bonds is 3. The first kappa shape index (κ1) is 11.8. The number of carbonyl (C=O) groups excluding carboxylic acids is 1. The Bertz CT molecular complexity index is 602. The average molecular weight is 247 g/mol. The van der Waals surface area contributed by atoms with E-state index in [0.29, 0.717) is 5.75 Å². The molecule has 0 saturated heterocycles. The summed E-state index contributed by atoms with van der Waals surface area (Å²) in [5.74, 6) is -2.31. The van der Waals surface area contributed by atoms with Crippen LogP contribution in [0.2, 0.25) is 0 Å². The lowest BCUT2D eigenvalue weighted by molar-refractivity contribution is 0.0644. The molecule has 0 saturated carbocycles. The van der Waals surface area contributed by atoms with Crippen LogP contribution in [0.15, 0.2) is 35.0 Å². The van der Waals surface area contributed by atoms with Gasteiger partial charge in [-0.15, -0.1) is 0 Å². The highest BCUT2D eigenvalue weighted by Crippen LogP contribution is 2.16. The highest BCUT2D eigenvalue weighted by atomic mass is 16.6. The number of carboxylic acids is 1. The van der Waals surface area contributed by atoms with Crippen LogP contribution in [0.4, 0.5) is 0 Å². The third-order valence-electron chi connectivity index (χ3n) is 2.19. The summed E-state index contributed by atoms with van der Waals surface area (Å²) in [7, 11) is 0. The fourth-order valence-electron chi connectivity index (χ4n) is 1.37. The largest absolute Gasteiger partial charge is 0.477 e. The van der Waals surface area contributed by atoms with Crippen LogP contribution in [-0.2, 0) is 0 Å². The molecule has 0 fully saturated rings. The summed E-state index contributed by atoms with van der Waals surface area (Å²) < 4.78 is 9.58. The van der Waals surface area contributed by atoms with E-state index < -0.39 is 17.7 Å². The quantitative estimate of drug-likeness (QED) is 0.658. The Labute approximate surface area is 102 Å². The predicted octanol–water partition coefficient (Wildman–Crippen LogP) is 1.90. The molecule has 6 heteroatoms. The summed E-state index contributed by atoms with van der Waals surface area (Å²) in [6.07, 6.45) is 0.954. The van der Waals surface area contributed by atoms with Crippen molar-refractivity contribution in [1.29, 1.82) is 0 Å². The van der Waals surface area contributed by atoms with Crippen molar-refractivity contribution in [3.8, 4) is 5.75 Å². The monoisotopic (exact) mass is 247 g/mol. The maximum Gasteiger partial charge on any atom is 0.383 e. The van der Waals surface area contributed by atoms with Crippen LogP contribution in [0.5, 0.6) is 5.75 Å². The summed E-state index contributed by atoms with van der Waals surface area (Å²) in [5.41, 5.74) is 0.587. The topological polar surface area (TPSA) is 89.6 Å². The van der Waals surface area contributed by atoms with Crippen LogP contribution in [-0.4, -0.2) is 22.2 Å². The Hall–Kier alpha value is -2.63. The Morgan fingerprint density at radius 3 is 2.83 bits per heavy atom. The average Bonchev–Trinajstić information content (AvgIpc) is 2.77. The predicted molar refractivity (Wildman–Crippen MR) is 59.6 cm³/mol. The number of aromatic nitrogens is 1. The van der Waals surface area contributed by atoms with Gasteiger partial charge in [0.25, 0.3) is 5.76 Å². The van der Waals surface area contributed by atoms with Gasteiger partial charge in [0, 0.05) is 0 Å². The number of aromatic carboxylic acids is 1. The third kappa shape index (κ3) is 2.37. The minimum Gasteiger partial charge on any atom is -0.477 e. The van der Waals surface area contributed by atoms with E-state index in [1.165, 1.54) is 0 Å². The second-order valence-electron chi connectivity index (χ2n) is 3.58. The van der Waals surface area contributed by atoms with Crippen molar-refractivity contribution >= 4 is 11.9 Å². The van der Waals surface area contributed by atoms with Gasteiger partial charge in [0.1, 0.15) is 11.3 Å². The highest BCUT2D eigenvalue weighted by Gasteiger charge is 2.23. The van der Waals surface area contributed by atoms with E-state index >= 15 is 0 Å². The molecule has 6 nitrogen and oxygen atoms in total. The fraction of sp³-hybridized carbons (Fsp3) is 0.0833. The number of aryl methyl sites for hydroxylation is 1. The van der Waals surface area contributed by atoms with E-state index in [0.717, 1.165) is 11.8 Å². The zero-order chi connectivity index (χ0) is 13.1. The molecule has 92 valence electrons. The molecule has 0 spiro atoms. The SMILES string of the molecule is Cc1cccc(OC(=O)c2oncc2C(=O)O)c1. The van der Waals surface area contributed by atoms with E-state index in [1.807, 2.05) is 13.0 Å². The standard InChI is InChI=1S/C12H9NO5/c1-7-3-2-4-8(5-7)17-12(16)10-9(11(14)15)6-13-18-10/h2-6H,1H3,(H,14,15). The van der Waals surface area contributed by atoms with Crippen LogP contribution in [0, 0.1) is 6.92 Å². The summed E-state index contributed by atoms with van der Waals surface area (Å²) in [5, 5.41) is 12.1. The second kappa shape index (κ2) is 4.70. The number of benzene rings is 1. The Morgan fingerprint density at radius 2 is 2.17 bits per heavy atom. The van der Waals surface area contributed by atoms with Crippen LogP contribution in [0.25, 0.3) is 0 Å². The molecule has 2 rings (SSSR count). The first-order chi connectivity index (χ1) is 8.58. The number of ether oxygens (including phenoxy) is 1. The molecule has 2 aromatic rings. The van der Waals surface area contributed by atoms with Crippen molar-refractivity contribution in [2.24, 2.45) is 0 Å². The molecular weight excluding hydrogens is 238 g/mol. The van der Waals surface area contributed by atoms with Crippen LogP contribution >= 0.6 is 0 Å². The lowest BCUT2D eigenvalue weighted by Gasteiger charge is -2.02. The second-order valence-corrected chi connectivity index (χ2v) is 3.58. The molecule has 0 aliphatic heterocycles. The van der Waals surface area contributed by atoms with Gasteiger partial charge in [0.05, 0.1) is 6.20 Å². The summed E-state index contributed by atoms with van der Waals surface area (Å²) >= 11 is 0. The lowest BCUT2D eigenvalue weighted by Crippen LogP contribution is -2.12. The number of nitrogens with zero attached hydrogens (tertiary/aromatic N) is 1. The number of hydrogen-bond acceptors (Lipinski definition) is 5. The number of carboxylic acid groups (broad SMARTS) is 1. The Kier molecular flexibility index (Phi) is 3.09. The molecule has 0 bridgehead atoms. The molecule has 1 aromatic carbocycles. The molecule has 1 heterocycles. The first-order valence-corrected chi connectivity index (χ1v) is 5.05. The van der Waals surface area contributed by atoms with Gasteiger partial charge in [0.2, 0.25) is 0 Å². The zero-order valence-electron chi connectivity index (χ0n) is 9.41. The number of carbonyl (C=O) groups is 2. The summed E-state index contributed by atoms with van der Waals surface area (Å²) in [4.78, 5) is 22.5. The molecule has 0 aliphatic carbocycles. The zero-order valence-corrected chi connectivity index (χ0v) is 9.41. The van der Waals surface area contributed by atoms with Gasteiger partial charge in [-0.25, -0.2) is 9.59 Å². The first-order valence-electron chi connectivity index (χ1n) is 5.05. The van der Waals surface area contributed by atoms with Gasteiger partial charge in [-0.3, -0.25) is 0 Å². The van der Waals surface area contributed by atoms with Gasteiger partial charge in [-0.05, 0) is 24.6 Å². The fourth-order valence-corrected chi connectivity index (χ4v) is 1.37. The molecule has 0 atom stereocenters. The molecule has 0 unspecified atom stereocenters. The van der Waals surface area contributed by atoms with Crippen molar-refractivity contribution in [3.63, 3.8) is 0 Å². The minimum absolute atomic E-state index is 0.313. The van der Waals surface area contributed by atoms with E-state index in [9.17, 15) is 9.59 Å². The Morgan fingerprint density at radius 1 is 1.39 bits per heavy atom. The number of esters is 1. The van der Waals surface area contributed by atoms with E-state index in [-0.39, 0.29) is 5.56 Å². The normalized spacial score (nSPS) is 10.1. The molecule has 1 aromatic heterocycles. The van der Waals surface area contributed by atoms with Crippen molar-refractivity contribution < 1.29 is 24.0 Å². The van der Waals surface area contributed by atoms with E-state index in [1.54, 1.807) is 18.2 Å². The maximum absolute atomic E-state index is 11.7. The van der Waals surface area contributed by atoms with Gasteiger partial charge in [0.15, 0.2) is 0 Å². The molecule has 0 amide bonds. The van der Waals surface area contributed by atoms with Gasteiger partial charge in [-0.2, -0.15) is 0 Å². The smallest absolute Gasteiger partial charge is 0.383 e. The van der Waals surface area contributed by atoms with Gasteiger partial charge < -0.3 is 14.4 Å². The molecule has 0 aliphatic rings. The molecular formula is C12H9NO5. The van der Waals surface area contributed by atoms with E-state index in [4.69, 9.17) is 9.84 Å². The highest BCUT2D eigenvalue weighted by molar-refractivity contribution is 6.00. The van der Waals surface area contributed by atoms with Crippen molar-refractivity contribution in [1.82, 2.24) is 5.16 Å². The van der Waals surface area contributed by atoms with Crippen molar-refractivity contribution in [2.45, 2.75) is 6.92 Å². The molecule has 18 heavy (non-hydrogen) atoms. The Balaban J connectivity index is 2.22. The van der Waals surface area contributed by atoms with E-state index in [2.05, 4.69) is 9.68 Å². The maximum atomic E-state index is 11.7. The lowest BCUT2D eigenvalue weighted by atomic mass is 10.2. The van der Waals surface area contributed by atoms with Gasteiger partial charge in [-0.1, -0.05) is 17.3 Å². The van der Waals surface area contributed by atoms with Crippen LogP contribution in [0.1, 0.15) is 26.5 Å².